The van der Waals surface area contributed by atoms with E-state index in [1.54, 1.807) is 13.8 Å². The van der Waals surface area contributed by atoms with Gasteiger partial charge >= 0.3 is 0 Å². The van der Waals surface area contributed by atoms with E-state index in [0.29, 0.717) is 0 Å². The van der Waals surface area contributed by atoms with Crippen LogP contribution in [0.15, 0.2) is 40.1 Å². The van der Waals surface area contributed by atoms with Crippen LogP contribution in [0.3, 0.4) is 0 Å². The van der Waals surface area contributed by atoms with Crippen molar-refractivity contribution in [2.75, 3.05) is 18.4 Å². The fourth-order valence-electron chi connectivity index (χ4n) is 4.88. The number of nitrogens with zero attached hydrogens (tertiary/aromatic N) is 4. The third-order valence-electron chi connectivity index (χ3n) is 7.20. The van der Waals surface area contributed by atoms with Crippen molar-refractivity contribution >= 4 is 22.5 Å². The van der Waals surface area contributed by atoms with Crippen LogP contribution in [0.25, 0.3) is 10.8 Å². The number of hydrogen-bond donors (Lipinski definition) is 1. The van der Waals surface area contributed by atoms with Crippen molar-refractivity contribution in [3.63, 3.8) is 0 Å². The van der Waals surface area contributed by atoms with E-state index in [0.717, 1.165) is 10.7 Å². The Kier molecular flexibility index (Phi) is 5.68. The number of carbonyl (C=O) groups excluding carboxylic acids is 1. The summed E-state index contributed by atoms with van der Waals surface area (Å²) in [6, 6.07) is 4.06. The Labute approximate surface area is 208 Å². The van der Waals surface area contributed by atoms with Gasteiger partial charge in [-0.15, -0.1) is 0 Å². The van der Waals surface area contributed by atoms with E-state index < -0.39 is 52.1 Å². The Bertz CT molecular complexity index is 1540. The van der Waals surface area contributed by atoms with E-state index in [9.17, 15) is 31.9 Å². The van der Waals surface area contributed by atoms with E-state index >= 15 is 0 Å². The van der Waals surface area contributed by atoms with Gasteiger partial charge in [-0.2, -0.15) is 5.10 Å². The molecule has 0 unspecified atom stereocenters. The van der Waals surface area contributed by atoms with Crippen molar-refractivity contribution in [2.24, 2.45) is 7.05 Å². The second kappa shape index (κ2) is 8.42. The van der Waals surface area contributed by atoms with Crippen molar-refractivity contribution in [1.82, 2.24) is 19.2 Å². The first kappa shape index (κ1) is 25.0. The molecule has 2 fully saturated rings. The molecule has 3 aromatic rings. The minimum atomic E-state index is -2.99. The molecule has 1 aromatic carbocycles. The van der Waals surface area contributed by atoms with Gasteiger partial charge in [-0.05, 0) is 26.7 Å². The molecule has 1 atom stereocenters. The van der Waals surface area contributed by atoms with E-state index in [-0.39, 0.29) is 48.1 Å². The fourth-order valence-corrected chi connectivity index (χ4v) is 4.88. The molecule has 1 N–H and O–H groups in total. The molecule has 0 radical (unpaired) electrons. The number of rotatable bonds is 6. The SMILES string of the molecule is C[C@@H](Nc1nn(C)c(=O)c2cc(=O)n(C3(C)CN(C(=O)C4(F)CC4)C3)cc12)c1cccc(C(F)F)c1F. The zero-order valence-corrected chi connectivity index (χ0v) is 20.4. The Hall–Kier alpha value is -3.70. The van der Waals surface area contributed by atoms with E-state index in [1.165, 1.54) is 40.9 Å². The standard InChI is InChI=1S/C25H25F4N5O3/c1-13(14-5-4-6-15(19(14)26)20(27)28)30-21-17-10-34(18(35)9-16(17)22(36)32(3)31-21)24(2)11-33(12-24)23(37)25(29)7-8-25/h4-6,9-10,13,20H,7-8,11-12H2,1-3H3,(H,30,31)/t13-/m1/s1. The number of carbonyl (C=O) groups is 1. The molecule has 1 saturated heterocycles. The minimum absolute atomic E-state index is 0.0183. The summed E-state index contributed by atoms with van der Waals surface area (Å²) >= 11 is 0. The lowest BCUT2D eigenvalue weighted by Gasteiger charge is -2.49. The lowest BCUT2D eigenvalue weighted by Crippen LogP contribution is -2.66. The number of likely N-dealkylation sites (tertiary alicyclic amines) is 1. The molecule has 0 spiro atoms. The smallest absolute Gasteiger partial charge is 0.274 e. The van der Waals surface area contributed by atoms with E-state index in [1.807, 2.05) is 0 Å². The van der Waals surface area contributed by atoms with Crippen LogP contribution in [0.1, 0.15) is 50.3 Å². The maximum atomic E-state index is 14.8. The highest BCUT2D eigenvalue weighted by atomic mass is 19.3. The Balaban J connectivity index is 1.52. The lowest BCUT2D eigenvalue weighted by atomic mass is 9.90. The summed E-state index contributed by atoms with van der Waals surface area (Å²) < 4.78 is 57.8. The van der Waals surface area contributed by atoms with Gasteiger partial charge < -0.3 is 14.8 Å². The second-order valence-electron chi connectivity index (χ2n) is 10.1. The average molecular weight is 519 g/mol. The van der Waals surface area contributed by atoms with E-state index in [4.69, 9.17) is 0 Å². The average Bonchev–Trinajstić information content (AvgIpc) is 3.58. The summed E-state index contributed by atoms with van der Waals surface area (Å²) in [7, 11) is 1.39. The molecule has 2 aliphatic rings. The molecule has 1 saturated carbocycles. The number of pyridine rings is 1. The number of aromatic nitrogens is 3. The van der Waals surface area contributed by atoms with Gasteiger partial charge in [0.25, 0.3) is 23.5 Å². The molecular formula is C25H25F4N5O3. The van der Waals surface area contributed by atoms with Gasteiger partial charge in [-0.3, -0.25) is 14.4 Å². The molecule has 8 nitrogen and oxygen atoms in total. The first-order valence-corrected chi connectivity index (χ1v) is 11.8. The number of benzene rings is 1. The van der Waals surface area contributed by atoms with Gasteiger partial charge in [0.2, 0.25) is 0 Å². The van der Waals surface area contributed by atoms with Crippen LogP contribution in [0.2, 0.25) is 0 Å². The molecule has 1 aliphatic heterocycles. The number of hydrogen-bond acceptors (Lipinski definition) is 5. The van der Waals surface area contributed by atoms with Gasteiger partial charge in [0.15, 0.2) is 11.5 Å². The molecular weight excluding hydrogens is 494 g/mol. The highest BCUT2D eigenvalue weighted by Gasteiger charge is 2.57. The summed E-state index contributed by atoms with van der Waals surface area (Å²) in [6.45, 7) is 3.54. The van der Waals surface area contributed by atoms with Crippen LogP contribution >= 0.6 is 0 Å². The van der Waals surface area contributed by atoms with Crippen LogP contribution in [-0.4, -0.2) is 43.9 Å². The van der Waals surface area contributed by atoms with Gasteiger partial charge in [0, 0.05) is 43.4 Å². The predicted octanol–water partition coefficient (Wildman–Crippen LogP) is 3.40. The van der Waals surface area contributed by atoms with Crippen LogP contribution in [0.5, 0.6) is 0 Å². The zero-order valence-electron chi connectivity index (χ0n) is 20.4. The third-order valence-corrected chi connectivity index (χ3v) is 7.20. The quantitative estimate of drug-likeness (QED) is 0.505. The number of halogens is 4. The molecule has 12 heteroatoms. The van der Waals surface area contributed by atoms with Gasteiger partial charge in [-0.25, -0.2) is 22.2 Å². The van der Waals surface area contributed by atoms with Crippen molar-refractivity contribution in [3.05, 3.63) is 68.1 Å². The van der Waals surface area contributed by atoms with Crippen molar-refractivity contribution in [3.8, 4) is 0 Å². The topological polar surface area (TPSA) is 89.2 Å². The molecule has 3 heterocycles. The van der Waals surface area contributed by atoms with E-state index in [2.05, 4.69) is 10.4 Å². The number of alkyl halides is 3. The highest BCUT2D eigenvalue weighted by molar-refractivity contribution is 5.91. The maximum absolute atomic E-state index is 14.8. The minimum Gasteiger partial charge on any atom is -0.361 e. The maximum Gasteiger partial charge on any atom is 0.274 e. The van der Waals surface area contributed by atoms with Gasteiger partial charge in [0.05, 0.1) is 22.5 Å². The number of aryl methyl sites for hydroxylation is 1. The fraction of sp³-hybridized carbons (Fsp3) is 0.440. The molecule has 2 aromatic heterocycles. The largest absolute Gasteiger partial charge is 0.361 e. The molecule has 0 bridgehead atoms. The zero-order chi connectivity index (χ0) is 26.9. The summed E-state index contributed by atoms with van der Waals surface area (Å²) in [4.78, 5) is 39.5. The molecule has 1 aliphatic carbocycles. The monoisotopic (exact) mass is 519 g/mol. The Morgan fingerprint density at radius 3 is 2.41 bits per heavy atom. The molecule has 1 amide bonds. The number of amides is 1. The Morgan fingerprint density at radius 1 is 1.14 bits per heavy atom. The summed E-state index contributed by atoms with van der Waals surface area (Å²) in [6.07, 6.45) is -1.16. The molecule has 5 rings (SSSR count). The summed E-state index contributed by atoms with van der Waals surface area (Å²) in [5.41, 5.74) is -4.41. The normalized spacial score (nSPS) is 18.5. The van der Waals surface area contributed by atoms with Gasteiger partial charge in [0.1, 0.15) is 5.82 Å². The summed E-state index contributed by atoms with van der Waals surface area (Å²) in [5.74, 6) is -1.49. The summed E-state index contributed by atoms with van der Waals surface area (Å²) in [5, 5.41) is 7.53. The second-order valence-corrected chi connectivity index (χ2v) is 10.1. The highest BCUT2D eigenvalue weighted by Crippen LogP contribution is 2.44. The lowest BCUT2D eigenvalue weighted by molar-refractivity contribution is -0.148. The number of nitrogens with one attached hydrogen (secondary N) is 1. The first-order chi connectivity index (χ1) is 17.3. The van der Waals surface area contributed by atoms with Crippen molar-refractivity contribution in [1.29, 1.82) is 0 Å². The number of anilines is 1. The predicted molar refractivity (Wildman–Crippen MR) is 128 cm³/mol. The molecule has 37 heavy (non-hydrogen) atoms. The number of fused-ring (bicyclic) bond motifs is 1. The van der Waals surface area contributed by atoms with Gasteiger partial charge in [-0.1, -0.05) is 18.2 Å². The van der Waals surface area contributed by atoms with Crippen molar-refractivity contribution < 1.29 is 22.4 Å². The van der Waals surface area contributed by atoms with Crippen LogP contribution < -0.4 is 16.4 Å². The third kappa shape index (κ3) is 4.08. The van der Waals surface area contributed by atoms with Crippen molar-refractivity contribution in [2.45, 2.75) is 50.4 Å². The Morgan fingerprint density at radius 2 is 1.78 bits per heavy atom. The van der Waals surface area contributed by atoms with Crippen LogP contribution in [0.4, 0.5) is 23.4 Å². The molecule has 196 valence electrons. The van der Waals surface area contributed by atoms with Crippen LogP contribution in [0, 0.1) is 5.82 Å². The first-order valence-electron chi connectivity index (χ1n) is 11.8. The van der Waals surface area contributed by atoms with Crippen LogP contribution in [-0.2, 0) is 17.4 Å².